The van der Waals surface area contributed by atoms with Crippen LogP contribution in [0.3, 0.4) is 0 Å². The molecule has 1 aromatic carbocycles. The molecule has 0 radical (unpaired) electrons. The first kappa shape index (κ1) is 11.6. The van der Waals surface area contributed by atoms with Gasteiger partial charge in [0, 0.05) is 12.1 Å². The number of benzene rings is 1. The molecule has 5 heteroatoms. The Morgan fingerprint density at radius 3 is 2.53 bits per heavy atom. The van der Waals surface area contributed by atoms with E-state index in [1.54, 1.807) is 12.1 Å². The predicted octanol–water partition coefficient (Wildman–Crippen LogP) is -0.520. The number of quaternary nitrogens is 1. The Balaban J connectivity index is 2.76. The van der Waals surface area contributed by atoms with Crippen LogP contribution in [0, 0.1) is 5.21 Å². The molecule has 5 nitrogen and oxygen atoms in total. The molecule has 0 aliphatic carbocycles. The molecule has 1 aromatic rings. The van der Waals surface area contributed by atoms with E-state index in [-0.39, 0.29) is 18.2 Å². The van der Waals surface area contributed by atoms with Gasteiger partial charge in [0.25, 0.3) is 0 Å². The maximum Gasteiger partial charge on any atom is 0.337 e. The number of carbonyl (C=O) groups excluding carboxylic acids is 1. The first-order valence-electron chi connectivity index (χ1n) is 4.51. The number of methoxy groups -OCH3 is 1. The van der Waals surface area contributed by atoms with Gasteiger partial charge in [-0.2, -0.15) is 0 Å². The minimum absolute atomic E-state index is 0.0948. The fraction of sp³-hybridized carbons (Fsp3) is 0.300. The summed E-state index contributed by atoms with van der Waals surface area (Å²) in [7, 11) is 1.30. The van der Waals surface area contributed by atoms with Crippen LogP contribution in [-0.4, -0.2) is 31.3 Å². The van der Waals surface area contributed by atoms with E-state index in [2.05, 4.69) is 4.74 Å². The largest absolute Gasteiger partial charge is 0.629 e. The molecule has 0 bridgehead atoms. The smallest absolute Gasteiger partial charge is 0.337 e. The second-order valence-electron chi connectivity index (χ2n) is 2.97. The SMILES string of the molecule is COC(=O)c1ccc([NH+]([O-])CCO)cc1. The average Bonchev–Trinajstić information content (AvgIpc) is 2.28. The second kappa shape index (κ2) is 5.45. The third-order valence-corrected chi connectivity index (χ3v) is 1.97. The summed E-state index contributed by atoms with van der Waals surface area (Å²) in [5, 5.41) is 19.8. The van der Waals surface area contributed by atoms with E-state index in [1.165, 1.54) is 19.2 Å². The summed E-state index contributed by atoms with van der Waals surface area (Å²) in [4.78, 5) is 11.1. The van der Waals surface area contributed by atoms with Crippen molar-refractivity contribution in [3.8, 4) is 0 Å². The van der Waals surface area contributed by atoms with Gasteiger partial charge in [0.15, 0.2) is 0 Å². The lowest BCUT2D eigenvalue weighted by Crippen LogP contribution is -3.02. The van der Waals surface area contributed by atoms with Gasteiger partial charge in [-0.25, -0.2) is 4.79 Å². The predicted molar refractivity (Wildman–Crippen MR) is 53.7 cm³/mol. The Hall–Kier alpha value is -1.43. The third-order valence-electron chi connectivity index (χ3n) is 1.97. The summed E-state index contributed by atoms with van der Waals surface area (Å²) in [6.45, 7) is -0.0742. The molecule has 0 fully saturated rings. The minimum atomic E-state index is -0.434. The van der Waals surface area contributed by atoms with E-state index < -0.39 is 5.97 Å². The van der Waals surface area contributed by atoms with Gasteiger partial charge >= 0.3 is 5.97 Å². The van der Waals surface area contributed by atoms with Crippen molar-refractivity contribution < 1.29 is 19.7 Å². The number of rotatable bonds is 4. The summed E-state index contributed by atoms with van der Waals surface area (Å²) >= 11 is 0. The molecular formula is C10H13NO4. The molecule has 2 N–H and O–H groups in total. The van der Waals surface area contributed by atoms with Gasteiger partial charge in [0.05, 0.1) is 19.3 Å². The highest BCUT2D eigenvalue weighted by Gasteiger charge is 2.06. The average molecular weight is 211 g/mol. The molecule has 1 rings (SSSR count). The zero-order chi connectivity index (χ0) is 11.3. The van der Waals surface area contributed by atoms with Crippen molar-refractivity contribution in [1.82, 2.24) is 0 Å². The van der Waals surface area contributed by atoms with Crippen LogP contribution in [0.1, 0.15) is 10.4 Å². The number of carbonyl (C=O) groups is 1. The third kappa shape index (κ3) is 3.02. The number of ether oxygens (including phenoxy) is 1. The van der Waals surface area contributed by atoms with Gasteiger partial charge in [-0.15, -0.1) is 0 Å². The topological polar surface area (TPSA) is 74.0 Å². The summed E-state index contributed by atoms with van der Waals surface area (Å²) in [6, 6.07) is 6.14. The van der Waals surface area contributed by atoms with Crippen molar-refractivity contribution in [3.05, 3.63) is 35.0 Å². The highest BCUT2D eigenvalue weighted by Crippen LogP contribution is 2.06. The van der Waals surface area contributed by atoms with Crippen LogP contribution < -0.4 is 5.06 Å². The fourth-order valence-electron chi connectivity index (χ4n) is 1.16. The molecule has 0 heterocycles. The van der Waals surface area contributed by atoms with Crippen molar-refractivity contribution >= 4 is 11.7 Å². The van der Waals surface area contributed by atoms with Crippen LogP contribution in [0.2, 0.25) is 0 Å². The van der Waals surface area contributed by atoms with Crippen molar-refractivity contribution in [1.29, 1.82) is 0 Å². The summed E-state index contributed by atoms with van der Waals surface area (Å²) in [5.74, 6) is -0.434. The lowest BCUT2D eigenvalue weighted by molar-refractivity contribution is -0.777. The van der Waals surface area contributed by atoms with E-state index >= 15 is 0 Å². The molecule has 0 aliphatic heterocycles. The number of hydrogen-bond acceptors (Lipinski definition) is 4. The molecule has 1 unspecified atom stereocenters. The maximum absolute atomic E-state index is 11.3. The van der Waals surface area contributed by atoms with E-state index in [0.29, 0.717) is 11.3 Å². The van der Waals surface area contributed by atoms with Crippen molar-refractivity contribution in [3.63, 3.8) is 0 Å². The van der Waals surface area contributed by atoms with Gasteiger partial charge in [0.2, 0.25) is 0 Å². The molecular weight excluding hydrogens is 198 g/mol. The highest BCUT2D eigenvalue weighted by atomic mass is 16.5. The Labute approximate surface area is 87.5 Å². The van der Waals surface area contributed by atoms with Gasteiger partial charge in [0.1, 0.15) is 12.2 Å². The van der Waals surface area contributed by atoms with Crippen LogP contribution in [-0.2, 0) is 4.74 Å². The van der Waals surface area contributed by atoms with Gasteiger partial charge in [-0.1, -0.05) is 0 Å². The van der Waals surface area contributed by atoms with E-state index in [4.69, 9.17) is 5.11 Å². The quantitative estimate of drug-likeness (QED) is 0.519. The summed E-state index contributed by atoms with van der Waals surface area (Å²) in [6.07, 6.45) is 0. The van der Waals surface area contributed by atoms with Crippen LogP contribution in [0.4, 0.5) is 5.69 Å². The van der Waals surface area contributed by atoms with Crippen LogP contribution in [0.25, 0.3) is 0 Å². The minimum Gasteiger partial charge on any atom is -0.629 e. The molecule has 0 spiro atoms. The zero-order valence-corrected chi connectivity index (χ0v) is 8.40. The van der Waals surface area contributed by atoms with Crippen molar-refractivity contribution in [2.45, 2.75) is 0 Å². The standard InChI is InChI=1S/C10H13NO4/c1-15-10(13)8-2-4-9(5-3-8)11(14)6-7-12/h2-5,11-12H,6-7H2,1H3. The number of hydroxylamine groups is 1. The Bertz CT molecular complexity index is 323. The number of hydrogen-bond donors (Lipinski definition) is 2. The molecule has 1 atom stereocenters. The lowest BCUT2D eigenvalue weighted by Gasteiger charge is -2.20. The fourth-order valence-corrected chi connectivity index (χ4v) is 1.16. The van der Waals surface area contributed by atoms with Gasteiger partial charge in [-0.05, 0) is 12.1 Å². The first-order valence-corrected chi connectivity index (χ1v) is 4.51. The van der Waals surface area contributed by atoms with E-state index in [0.717, 1.165) is 0 Å². The Kier molecular flexibility index (Phi) is 4.23. The maximum atomic E-state index is 11.3. The normalized spacial score (nSPS) is 12.2. The summed E-state index contributed by atoms with van der Waals surface area (Å²) in [5.41, 5.74) is 0.884. The van der Waals surface area contributed by atoms with Crippen LogP contribution in [0.5, 0.6) is 0 Å². The van der Waals surface area contributed by atoms with Crippen LogP contribution >= 0.6 is 0 Å². The van der Waals surface area contributed by atoms with Gasteiger partial charge < -0.3 is 20.1 Å². The molecule has 82 valence electrons. The second-order valence-corrected chi connectivity index (χ2v) is 2.97. The van der Waals surface area contributed by atoms with E-state index in [1.807, 2.05) is 0 Å². The van der Waals surface area contributed by atoms with Crippen molar-refractivity contribution in [2.75, 3.05) is 20.3 Å². The molecule has 15 heavy (non-hydrogen) atoms. The molecule has 0 saturated carbocycles. The molecule has 0 saturated heterocycles. The monoisotopic (exact) mass is 211 g/mol. The van der Waals surface area contributed by atoms with E-state index in [9.17, 15) is 10.0 Å². The van der Waals surface area contributed by atoms with Crippen molar-refractivity contribution in [2.24, 2.45) is 0 Å². The van der Waals surface area contributed by atoms with Gasteiger partial charge in [-0.3, -0.25) is 0 Å². The molecule has 0 aliphatic rings. The lowest BCUT2D eigenvalue weighted by atomic mass is 10.2. The Morgan fingerprint density at radius 2 is 2.07 bits per heavy atom. The molecule has 0 amide bonds. The Morgan fingerprint density at radius 1 is 1.47 bits per heavy atom. The van der Waals surface area contributed by atoms with Crippen LogP contribution in [0.15, 0.2) is 24.3 Å². The number of aliphatic hydroxyl groups excluding tert-OH is 1. The first-order chi connectivity index (χ1) is 7.19. The summed E-state index contributed by atoms with van der Waals surface area (Å²) < 4.78 is 4.52. The number of esters is 1. The molecule has 0 aromatic heterocycles. The zero-order valence-electron chi connectivity index (χ0n) is 8.40. The number of nitrogens with one attached hydrogen (secondary N) is 1. The number of aliphatic hydroxyl groups is 1. The highest BCUT2D eigenvalue weighted by molar-refractivity contribution is 5.89.